The minimum absolute atomic E-state index is 0.00863. The second-order valence-corrected chi connectivity index (χ2v) is 10.4. The molecule has 1 saturated heterocycles. The maximum Gasteiger partial charge on any atom is 0.270 e. The van der Waals surface area contributed by atoms with Crippen molar-refractivity contribution in [1.82, 2.24) is 14.8 Å². The van der Waals surface area contributed by atoms with E-state index in [1.165, 1.54) is 35.5 Å². The Bertz CT molecular complexity index is 1600. The lowest BCUT2D eigenvalue weighted by Crippen LogP contribution is -2.50. The molecule has 11 heteroatoms. The maximum absolute atomic E-state index is 14.2. The molecule has 1 aromatic heterocycles. The molecular weight excluding hydrogens is 554 g/mol. The molecule has 0 spiro atoms. The van der Waals surface area contributed by atoms with E-state index in [1.54, 1.807) is 53.4 Å². The summed E-state index contributed by atoms with van der Waals surface area (Å²) in [5.41, 5.74) is 1.80. The molecule has 3 aromatic rings. The SMILES string of the molecule is COc1ccc(C(=O)N/C(=C\c2cc(OC)c(OC)c(OC)c2)C(=O)N2C[C@H]3C[C@@H](C2)c2cccc(=O)n2C3)cc1OC. The number of aromatic nitrogens is 1. The zero-order valence-electron chi connectivity index (χ0n) is 24.8. The average molecular weight is 590 g/mol. The van der Waals surface area contributed by atoms with Gasteiger partial charge in [0.1, 0.15) is 5.70 Å². The molecule has 1 N–H and O–H groups in total. The van der Waals surface area contributed by atoms with Gasteiger partial charge in [-0.1, -0.05) is 6.07 Å². The lowest BCUT2D eigenvalue weighted by Gasteiger charge is -2.43. The fourth-order valence-corrected chi connectivity index (χ4v) is 5.91. The highest BCUT2D eigenvalue weighted by Gasteiger charge is 2.37. The van der Waals surface area contributed by atoms with E-state index in [4.69, 9.17) is 23.7 Å². The summed E-state index contributed by atoms with van der Waals surface area (Å²) in [7, 11) is 7.51. The van der Waals surface area contributed by atoms with Gasteiger partial charge in [0.25, 0.3) is 17.4 Å². The first-order chi connectivity index (χ1) is 20.8. The molecule has 5 rings (SSSR count). The van der Waals surface area contributed by atoms with Crippen molar-refractivity contribution in [3.05, 3.63) is 81.4 Å². The number of amides is 2. The third-order valence-corrected chi connectivity index (χ3v) is 7.89. The average Bonchev–Trinajstić information content (AvgIpc) is 3.03. The number of methoxy groups -OCH3 is 5. The van der Waals surface area contributed by atoms with Gasteiger partial charge in [-0.05, 0) is 60.4 Å². The van der Waals surface area contributed by atoms with Crippen LogP contribution in [0.15, 0.2) is 59.0 Å². The van der Waals surface area contributed by atoms with Crippen LogP contribution < -0.4 is 34.6 Å². The fraction of sp³-hybridized carbons (Fsp3) is 0.344. The molecule has 1 fully saturated rings. The van der Waals surface area contributed by atoms with Crippen molar-refractivity contribution in [1.29, 1.82) is 0 Å². The number of carbonyl (C=O) groups is 2. The molecule has 0 unspecified atom stereocenters. The zero-order chi connectivity index (χ0) is 30.7. The van der Waals surface area contributed by atoms with Crippen LogP contribution in [0, 0.1) is 5.92 Å². The summed E-state index contributed by atoms with van der Waals surface area (Å²) in [5, 5.41) is 2.83. The Balaban J connectivity index is 1.52. The number of ether oxygens (including phenoxy) is 5. The Morgan fingerprint density at radius 1 is 0.814 bits per heavy atom. The van der Waals surface area contributed by atoms with Crippen molar-refractivity contribution in [3.8, 4) is 28.7 Å². The van der Waals surface area contributed by atoms with E-state index in [0.29, 0.717) is 53.9 Å². The van der Waals surface area contributed by atoms with E-state index in [2.05, 4.69) is 5.32 Å². The molecule has 11 nitrogen and oxygen atoms in total. The summed E-state index contributed by atoms with van der Waals surface area (Å²) in [5.74, 6) is 1.35. The molecule has 226 valence electrons. The van der Waals surface area contributed by atoms with Crippen LogP contribution in [0.3, 0.4) is 0 Å². The lowest BCUT2D eigenvalue weighted by molar-refractivity contribution is -0.130. The van der Waals surface area contributed by atoms with Gasteiger partial charge >= 0.3 is 0 Å². The van der Waals surface area contributed by atoms with E-state index in [0.717, 1.165) is 12.1 Å². The predicted molar refractivity (Wildman–Crippen MR) is 159 cm³/mol. The molecule has 2 aromatic carbocycles. The summed E-state index contributed by atoms with van der Waals surface area (Å²) in [4.78, 5) is 41.9. The van der Waals surface area contributed by atoms with Gasteiger partial charge < -0.3 is 38.5 Å². The van der Waals surface area contributed by atoms with E-state index in [1.807, 2.05) is 10.6 Å². The van der Waals surface area contributed by atoms with Crippen LogP contribution in [0.2, 0.25) is 0 Å². The lowest BCUT2D eigenvalue weighted by atomic mass is 9.83. The minimum Gasteiger partial charge on any atom is -0.493 e. The normalized spacial score (nSPS) is 17.4. The Morgan fingerprint density at radius 2 is 1.51 bits per heavy atom. The minimum atomic E-state index is -0.498. The highest BCUT2D eigenvalue weighted by atomic mass is 16.5. The molecule has 0 radical (unpaired) electrons. The van der Waals surface area contributed by atoms with Gasteiger partial charge in [-0.15, -0.1) is 0 Å². The Morgan fingerprint density at radius 3 is 2.16 bits per heavy atom. The zero-order valence-corrected chi connectivity index (χ0v) is 24.8. The highest BCUT2D eigenvalue weighted by Crippen LogP contribution is 2.39. The van der Waals surface area contributed by atoms with E-state index >= 15 is 0 Å². The number of piperidine rings is 1. The number of pyridine rings is 1. The van der Waals surface area contributed by atoms with Crippen LogP contribution in [0.5, 0.6) is 28.7 Å². The predicted octanol–water partition coefficient (Wildman–Crippen LogP) is 3.31. The van der Waals surface area contributed by atoms with Gasteiger partial charge in [0, 0.05) is 42.9 Å². The molecule has 0 aliphatic carbocycles. The van der Waals surface area contributed by atoms with Crippen LogP contribution in [-0.2, 0) is 11.3 Å². The van der Waals surface area contributed by atoms with E-state index in [-0.39, 0.29) is 34.6 Å². The summed E-state index contributed by atoms with van der Waals surface area (Å²) < 4.78 is 28.9. The van der Waals surface area contributed by atoms with Gasteiger partial charge in [0.15, 0.2) is 23.0 Å². The standard InChI is InChI=1S/C32H35N3O8/c1-39-25-10-9-21(15-26(25)40-2)31(37)33-23(12-19-13-27(41-3)30(43-5)28(14-19)42-4)32(38)34-16-20-11-22(18-34)24-7-6-8-29(36)35(24)17-20/h6-10,12-15,20,22H,11,16-18H2,1-5H3,(H,33,37)/b23-12-/t20-,22+/m1/s1. The van der Waals surface area contributed by atoms with Gasteiger partial charge in [0.2, 0.25) is 5.75 Å². The number of likely N-dealkylation sites (tertiary alicyclic amines) is 1. The topological polar surface area (TPSA) is 118 Å². The molecule has 3 heterocycles. The van der Waals surface area contributed by atoms with Crippen molar-refractivity contribution in [2.45, 2.75) is 18.9 Å². The van der Waals surface area contributed by atoms with Crippen molar-refractivity contribution >= 4 is 17.9 Å². The Kier molecular flexibility index (Phi) is 8.61. The molecule has 2 bridgehead atoms. The number of carbonyl (C=O) groups excluding carboxylic acids is 2. The molecule has 2 atom stereocenters. The highest BCUT2D eigenvalue weighted by molar-refractivity contribution is 6.05. The quantitative estimate of drug-likeness (QED) is 0.378. The van der Waals surface area contributed by atoms with Crippen molar-refractivity contribution in [2.75, 3.05) is 48.6 Å². The summed E-state index contributed by atoms with van der Waals surface area (Å²) in [6.07, 6.45) is 2.48. The second kappa shape index (κ2) is 12.5. The number of hydrogen-bond donors (Lipinski definition) is 1. The van der Waals surface area contributed by atoms with Gasteiger partial charge in [-0.25, -0.2) is 0 Å². The first-order valence-electron chi connectivity index (χ1n) is 13.8. The summed E-state index contributed by atoms with van der Waals surface area (Å²) in [6, 6.07) is 13.4. The van der Waals surface area contributed by atoms with Crippen molar-refractivity contribution in [3.63, 3.8) is 0 Å². The van der Waals surface area contributed by atoms with Crippen LogP contribution in [0.25, 0.3) is 6.08 Å². The number of benzene rings is 2. The first kappa shape index (κ1) is 29.6. The van der Waals surface area contributed by atoms with Crippen LogP contribution in [0.1, 0.15) is 34.0 Å². The molecule has 43 heavy (non-hydrogen) atoms. The van der Waals surface area contributed by atoms with Crippen LogP contribution in [-0.4, -0.2) is 69.9 Å². The third kappa shape index (κ3) is 5.88. The van der Waals surface area contributed by atoms with E-state index in [9.17, 15) is 14.4 Å². The van der Waals surface area contributed by atoms with Crippen molar-refractivity contribution in [2.24, 2.45) is 5.92 Å². The van der Waals surface area contributed by atoms with Gasteiger partial charge in [-0.2, -0.15) is 0 Å². The fourth-order valence-electron chi connectivity index (χ4n) is 5.91. The summed E-state index contributed by atoms with van der Waals surface area (Å²) in [6.45, 7) is 1.41. The molecule has 2 amide bonds. The van der Waals surface area contributed by atoms with Gasteiger partial charge in [-0.3, -0.25) is 14.4 Å². The smallest absolute Gasteiger partial charge is 0.270 e. The third-order valence-electron chi connectivity index (χ3n) is 7.89. The number of nitrogens with zero attached hydrogens (tertiary/aromatic N) is 2. The number of nitrogens with one attached hydrogen (secondary N) is 1. The molecular formula is C32H35N3O8. The number of rotatable bonds is 9. The first-order valence-corrected chi connectivity index (χ1v) is 13.8. The van der Waals surface area contributed by atoms with Crippen molar-refractivity contribution < 1.29 is 33.3 Å². The molecule has 2 aliphatic heterocycles. The second-order valence-electron chi connectivity index (χ2n) is 10.4. The summed E-state index contributed by atoms with van der Waals surface area (Å²) >= 11 is 0. The van der Waals surface area contributed by atoms with Crippen LogP contribution in [0.4, 0.5) is 0 Å². The van der Waals surface area contributed by atoms with Crippen LogP contribution >= 0.6 is 0 Å². The number of fused-ring (bicyclic) bond motifs is 4. The number of hydrogen-bond acceptors (Lipinski definition) is 8. The largest absolute Gasteiger partial charge is 0.493 e. The Labute approximate surface area is 249 Å². The van der Waals surface area contributed by atoms with Gasteiger partial charge in [0.05, 0.1) is 35.5 Å². The maximum atomic E-state index is 14.2. The molecule has 0 saturated carbocycles. The van der Waals surface area contributed by atoms with E-state index < -0.39 is 5.91 Å². The monoisotopic (exact) mass is 589 g/mol. The molecule has 2 aliphatic rings. The Hall–Kier alpha value is -4.93.